The number of amides is 2. The van der Waals surface area contributed by atoms with E-state index in [1.165, 1.54) is 16.0 Å². The zero-order valence-electron chi connectivity index (χ0n) is 19.3. The number of nitrogens with one attached hydrogen (secondary N) is 1. The van der Waals surface area contributed by atoms with Crippen LogP contribution >= 0.6 is 0 Å². The van der Waals surface area contributed by atoms with Crippen molar-refractivity contribution in [1.82, 2.24) is 10.2 Å². The number of fused-ring (bicyclic) bond motifs is 3. The Morgan fingerprint density at radius 3 is 2.29 bits per heavy atom. The highest BCUT2D eigenvalue weighted by Gasteiger charge is 2.45. The van der Waals surface area contributed by atoms with E-state index in [9.17, 15) is 19.5 Å². The highest BCUT2D eigenvalue weighted by Crippen LogP contribution is 2.44. The van der Waals surface area contributed by atoms with E-state index in [2.05, 4.69) is 29.6 Å². The summed E-state index contributed by atoms with van der Waals surface area (Å²) in [4.78, 5) is 39.2. The van der Waals surface area contributed by atoms with Crippen LogP contribution in [0.25, 0.3) is 11.1 Å². The van der Waals surface area contributed by atoms with Crippen molar-refractivity contribution in [2.45, 2.75) is 50.6 Å². The molecule has 0 bridgehead atoms. The summed E-state index contributed by atoms with van der Waals surface area (Å²) in [6.07, 6.45) is 2.29. The predicted molar refractivity (Wildman–Crippen MR) is 126 cm³/mol. The molecule has 4 atom stereocenters. The number of nitrogens with zero attached hydrogens (tertiary/aromatic N) is 1. The molecule has 0 radical (unpaired) electrons. The zero-order valence-corrected chi connectivity index (χ0v) is 19.3. The van der Waals surface area contributed by atoms with Gasteiger partial charge in [0, 0.05) is 18.5 Å². The first kappa shape index (κ1) is 22.4. The quantitative estimate of drug-likeness (QED) is 0.700. The van der Waals surface area contributed by atoms with Crippen LogP contribution in [0.15, 0.2) is 48.5 Å². The van der Waals surface area contributed by atoms with Gasteiger partial charge in [0.05, 0.1) is 5.92 Å². The molecule has 178 valence electrons. The molecule has 1 saturated carbocycles. The number of carbonyl (C=O) groups excluding carboxylic acids is 2. The predicted octanol–water partition coefficient (Wildman–Crippen LogP) is 4.02. The molecule has 1 aliphatic heterocycles. The van der Waals surface area contributed by atoms with E-state index in [0.717, 1.165) is 17.5 Å². The molecule has 2 fully saturated rings. The molecule has 1 heterocycles. The topological polar surface area (TPSA) is 95.9 Å². The van der Waals surface area contributed by atoms with Crippen LogP contribution in [0, 0.1) is 11.8 Å². The molecule has 5 rings (SSSR count). The fourth-order valence-corrected chi connectivity index (χ4v) is 6.00. The van der Waals surface area contributed by atoms with Crippen molar-refractivity contribution in [3.05, 3.63) is 59.7 Å². The molecule has 0 spiro atoms. The Balaban J connectivity index is 1.23. The Hall–Kier alpha value is -3.35. The summed E-state index contributed by atoms with van der Waals surface area (Å²) in [5.41, 5.74) is 4.63. The van der Waals surface area contributed by atoms with Crippen LogP contribution in [-0.4, -0.2) is 53.2 Å². The molecule has 2 unspecified atom stereocenters. The zero-order chi connectivity index (χ0) is 23.8. The maximum atomic E-state index is 13.2. The summed E-state index contributed by atoms with van der Waals surface area (Å²) < 4.78 is 5.66. The second kappa shape index (κ2) is 9.12. The molecule has 34 heavy (non-hydrogen) atoms. The van der Waals surface area contributed by atoms with Crippen LogP contribution in [0.5, 0.6) is 0 Å². The maximum absolute atomic E-state index is 13.2. The van der Waals surface area contributed by atoms with E-state index >= 15 is 0 Å². The SMILES string of the molecule is CC1CCN(C(=O)[C@@H]2CCC[C@@H]2NC(=O)OCC2c3ccccc3-c3ccccc32)C1C(=O)O. The van der Waals surface area contributed by atoms with E-state index in [1.54, 1.807) is 0 Å². The van der Waals surface area contributed by atoms with Gasteiger partial charge in [0.1, 0.15) is 12.6 Å². The highest BCUT2D eigenvalue weighted by atomic mass is 16.5. The number of rotatable bonds is 5. The van der Waals surface area contributed by atoms with E-state index in [-0.39, 0.29) is 30.4 Å². The lowest BCUT2D eigenvalue weighted by Gasteiger charge is -2.29. The third kappa shape index (κ3) is 3.93. The van der Waals surface area contributed by atoms with Crippen molar-refractivity contribution in [3.8, 4) is 11.1 Å². The number of carbonyl (C=O) groups is 3. The van der Waals surface area contributed by atoms with Crippen molar-refractivity contribution >= 4 is 18.0 Å². The molecule has 7 nitrogen and oxygen atoms in total. The second-order valence-corrected chi connectivity index (χ2v) is 9.69. The molecule has 2 N–H and O–H groups in total. The minimum atomic E-state index is -0.961. The fraction of sp³-hybridized carbons (Fsp3) is 0.444. The number of aliphatic carboxylic acids is 1. The van der Waals surface area contributed by atoms with Crippen molar-refractivity contribution in [1.29, 1.82) is 0 Å². The first-order valence-corrected chi connectivity index (χ1v) is 12.1. The summed E-state index contributed by atoms with van der Waals surface area (Å²) in [6.45, 7) is 2.54. The Kier molecular flexibility index (Phi) is 6.02. The maximum Gasteiger partial charge on any atom is 0.407 e. The van der Waals surface area contributed by atoms with Gasteiger partial charge in [0.25, 0.3) is 0 Å². The average Bonchev–Trinajstić information content (AvgIpc) is 3.53. The lowest BCUT2D eigenvalue weighted by molar-refractivity contribution is -0.151. The summed E-state index contributed by atoms with van der Waals surface area (Å²) in [5, 5.41) is 12.5. The lowest BCUT2D eigenvalue weighted by atomic mass is 9.98. The third-order valence-corrected chi connectivity index (χ3v) is 7.72. The number of carboxylic acids is 1. The number of hydrogen-bond donors (Lipinski definition) is 2. The summed E-state index contributed by atoms with van der Waals surface area (Å²) in [5.74, 6) is -1.64. The molecule has 2 aromatic carbocycles. The molecule has 3 aliphatic rings. The van der Waals surface area contributed by atoms with Crippen LogP contribution in [-0.2, 0) is 14.3 Å². The van der Waals surface area contributed by atoms with Crippen LogP contribution < -0.4 is 5.32 Å². The van der Waals surface area contributed by atoms with E-state index < -0.39 is 24.0 Å². The van der Waals surface area contributed by atoms with Crippen LogP contribution in [0.4, 0.5) is 4.79 Å². The fourth-order valence-electron chi connectivity index (χ4n) is 6.00. The Morgan fingerprint density at radius 2 is 1.65 bits per heavy atom. The molecular weight excluding hydrogens is 432 g/mol. The number of ether oxygens (including phenoxy) is 1. The normalized spacial score (nSPS) is 25.6. The Bertz CT molecular complexity index is 1070. The number of likely N-dealkylation sites (tertiary alicyclic amines) is 1. The molecule has 7 heteroatoms. The van der Waals surface area contributed by atoms with Gasteiger partial charge in [-0.15, -0.1) is 0 Å². The third-order valence-electron chi connectivity index (χ3n) is 7.72. The molecule has 2 aliphatic carbocycles. The second-order valence-electron chi connectivity index (χ2n) is 9.69. The van der Waals surface area contributed by atoms with Gasteiger partial charge in [-0.2, -0.15) is 0 Å². The number of carboxylic acid groups (broad SMARTS) is 1. The van der Waals surface area contributed by atoms with Gasteiger partial charge < -0.3 is 20.1 Å². The molecular formula is C27H30N2O5. The van der Waals surface area contributed by atoms with Crippen LogP contribution in [0.2, 0.25) is 0 Å². The van der Waals surface area contributed by atoms with Gasteiger partial charge >= 0.3 is 12.1 Å². The molecule has 2 aromatic rings. The van der Waals surface area contributed by atoms with Crippen LogP contribution in [0.3, 0.4) is 0 Å². The molecule has 2 amide bonds. The first-order chi connectivity index (χ1) is 16.5. The number of hydrogen-bond acceptors (Lipinski definition) is 4. The summed E-state index contributed by atoms with van der Waals surface area (Å²) >= 11 is 0. The van der Waals surface area contributed by atoms with Crippen molar-refractivity contribution in [3.63, 3.8) is 0 Å². The van der Waals surface area contributed by atoms with Gasteiger partial charge in [0.15, 0.2) is 0 Å². The molecule has 0 aromatic heterocycles. The number of benzene rings is 2. The first-order valence-electron chi connectivity index (χ1n) is 12.1. The Morgan fingerprint density at radius 1 is 1.00 bits per heavy atom. The van der Waals surface area contributed by atoms with E-state index in [1.807, 2.05) is 31.2 Å². The van der Waals surface area contributed by atoms with Gasteiger partial charge in [-0.25, -0.2) is 9.59 Å². The minimum absolute atomic E-state index is 0.0263. The van der Waals surface area contributed by atoms with Crippen molar-refractivity contribution in [2.24, 2.45) is 11.8 Å². The van der Waals surface area contributed by atoms with Gasteiger partial charge in [0.2, 0.25) is 5.91 Å². The smallest absolute Gasteiger partial charge is 0.407 e. The van der Waals surface area contributed by atoms with Crippen molar-refractivity contribution in [2.75, 3.05) is 13.2 Å². The van der Waals surface area contributed by atoms with Crippen LogP contribution in [0.1, 0.15) is 49.7 Å². The van der Waals surface area contributed by atoms with Crippen molar-refractivity contribution < 1.29 is 24.2 Å². The van der Waals surface area contributed by atoms with Gasteiger partial charge in [-0.1, -0.05) is 61.9 Å². The Labute approximate surface area is 199 Å². The molecule has 1 saturated heterocycles. The highest BCUT2D eigenvalue weighted by molar-refractivity contribution is 5.87. The minimum Gasteiger partial charge on any atom is -0.480 e. The monoisotopic (exact) mass is 462 g/mol. The summed E-state index contributed by atoms with van der Waals surface area (Å²) in [7, 11) is 0. The number of alkyl carbamates (subject to hydrolysis) is 1. The lowest BCUT2D eigenvalue weighted by Crippen LogP contribution is -2.49. The van der Waals surface area contributed by atoms with Gasteiger partial charge in [-0.3, -0.25) is 4.79 Å². The van der Waals surface area contributed by atoms with Gasteiger partial charge in [-0.05, 0) is 47.4 Å². The van der Waals surface area contributed by atoms with E-state index in [0.29, 0.717) is 25.8 Å². The largest absolute Gasteiger partial charge is 0.480 e. The standard InChI is InChI=1S/C27H30N2O5/c1-16-13-14-29(24(16)26(31)32)25(30)21-11-6-12-23(21)28-27(33)34-15-22-19-9-4-2-7-17(19)18-8-3-5-10-20(18)22/h2-5,7-10,16,21-24H,6,11-15H2,1H3,(H,28,33)(H,31,32)/t16?,21-,23+,24?/m1/s1. The average molecular weight is 463 g/mol. The van der Waals surface area contributed by atoms with E-state index in [4.69, 9.17) is 4.74 Å². The summed E-state index contributed by atoms with van der Waals surface area (Å²) in [6, 6.07) is 15.2.